The summed E-state index contributed by atoms with van der Waals surface area (Å²) in [5.41, 5.74) is 1.12. The van der Waals surface area contributed by atoms with Crippen molar-refractivity contribution in [2.24, 2.45) is 0 Å². The number of esters is 1. The van der Waals surface area contributed by atoms with Crippen LogP contribution in [-0.2, 0) is 25.6 Å². The lowest BCUT2D eigenvalue weighted by molar-refractivity contribution is -0.155. The molecule has 4 heteroatoms. The van der Waals surface area contributed by atoms with Crippen LogP contribution >= 0.6 is 0 Å². The summed E-state index contributed by atoms with van der Waals surface area (Å²) < 4.78 is 15.9. The molecule has 2 fully saturated rings. The van der Waals surface area contributed by atoms with Crippen molar-refractivity contribution >= 4 is 5.97 Å². The van der Waals surface area contributed by atoms with Gasteiger partial charge in [-0.05, 0) is 5.56 Å². The first kappa shape index (κ1) is 10.7. The van der Waals surface area contributed by atoms with Gasteiger partial charge in [-0.1, -0.05) is 30.3 Å². The number of benzene rings is 1. The molecule has 3 rings (SSSR count). The lowest BCUT2D eigenvalue weighted by Crippen LogP contribution is -2.33. The molecule has 0 spiro atoms. The average molecular weight is 234 g/mol. The Morgan fingerprint density at radius 3 is 2.88 bits per heavy atom. The lowest BCUT2D eigenvalue weighted by atomic mass is 10.1. The molecule has 0 bridgehead atoms. The third-order valence-corrected chi connectivity index (χ3v) is 3.01. The number of cyclic esters (lactones) is 1. The first-order valence-corrected chi connectivity index (χ1v) is 5.80. The predicted molar refractivity (Wildman–Crippen MR) is 59.3 cm³/mol. The number of carbonyl (C=O) groups is 1. The molecule has 0 radical (unpaired) electrons. The van der Waals surface area contributed by atoms with Gasteiger partial charge >= 0.3 is 5.97 Å². The molecule has 3 atom stereocenters. The second-order valence-corrected chi connectivity index (χ2v) is 4.39. The highest BCUT2D eigenvalue weighted by Crippen LogP contribution is 2.33. The van der Waals surface area contributed by atoms with Crippen LogP contribution in [0.4, 0.5) is 0 Å². The van der Waals surface area contributed by atoms with Crippen molar-refractivity contribution < 1.29 is 19.0 Å². The summed E-state index contributed by atoms with van der Waals surface area (Å²) in [5, 5.41) is 0. The van der Waals surface area contributed by atoms with Crippen molar-refractivity contribution in [2.45, 2.75) is 31.3 Å². The summed E-state index contributed by atoms with van der Waals surface area (Å²) in [6.07, 6.45) is 0.377. The van der Waals surface area contributed by atoms with Crippen LogP contribution in [0.1, 0.15) is 12.0 Å². The fourth-order valence-electron chi connectivity index (χ4n) is 2.05. The van der Waals surface area contributed by atoms with E-state index in [-0.39, 0.29) is 24.3 Å². The van der Waals surface area contributed by atoms with Crippen LogP contribution in [0.5, 0.6) is 0 Å². The minimum Gasteiger partial charge on any atom is -0.458 e. The van der Waals surface area contributed by atoms with E-state index in [4.69, 9.17) is 14.2 Å². The van der Waals surface area contributed by atoms with E-state index in [2.05, 4.69) is 0 Å². The Hall–Kier alpha value is -1.39. The van der Waals surface area contributed by atoms with Gasteiger partial charge in [0.15, 0.2) is 6.10 Å². The maximum absolute atomic E-state index is 11.3. The third kappa shape index (κ3) is 2.48. The third-order valence-electron chi connectivity index (χ3n) is 3.01. The molecule has 0 N–H and O–H groups in total. The van der Waals surface area contributed by atoms with Crippen LogP contribution in [0, 0.1) is 0 Å². The number of rotatable bonds is 4. The molecule has 4 nitrogen and oxygen atoms in total. The first-order chi connectivity index (χ1) is 8.33. The highest BCUT2D eigenvalue weighted by molar-refractivity contribution is 5.79. The summed E-state index contributed by atoms with van der Waals surface area (Å²) in [4.78, 5) is 11.3. The van der Waals surface area contributed by atoms with Gasteiger partial charge < -0.3 is 14.2 Å². The number of ether oxygens (including phenoxy) is 3. The molecule has 2 saturated heterocycles. The number of fused-ring (bicyclic) bond motifs is 1. The van der Waals surface area contributed by atoms with Crippen molar-refractivity contribution in [3.63, 3.8) is 0 Å². The summed E-state index contributed by atoms with van der Waals surface area (Å²) in [7, 11) is 0. The molecule has 90 valence electrons. The van der Waals surface area contributed by atoms with E-state index >= 15 is 0 Å². The minimum atomic E-state index is -0.291. The number of hydrogen-bond donors (Lipinski definition) is 0. The fraction of sp³-hybridized carbons (Fsp3) is 0.462. The number of carbonyl (C=O) groups excluding carboxylic acids is 1. The van der Waals surface area contributed by atoms with E-state index in [1.165, 1.54) is 0 Å². The fourth-order valence-corrected chi connectivity index (χ4v) is 2.05. The summed E-state index contributed by atoms with van der Waals surface area (Å²) in [6, 6.07) is 9.93. The van der Waals surface area contributed by atoms with Gasteiger partial charge in [0.25, 0.3) is 0 Å². The van der Waals surface area contributed by atoms with Crippen molar-refractivity contribution in [3.05, 3.63) is 35.9 Å². The molecular weight excluding hydrogens is 220 g/mol. The van der Waals surface area contributed by atoms with E-state index in [1.54, 1.807) is 0 Å². The van der Waals surface area contributed by atoms with Gasteiger partial charge in [-0.25, -0.2) is 4.79 Å². The molecule has 17 heavy (non-hydrogen) atoms. The van der Waals surface area contributed by atoms with Crippen molar-refractivity contribution in [1.29, 1.82) is 0 Å². The van der Waals surface area contributed by atoms with E-state index < -0.39 is 0 Å². The quantitative estimate of drug-likeness (QED) is 0.581. The maximum Gasteiger partial charge on any atom is 0.338 e. The Morgan fingerprint density at radius 2 is 2.12 bits per heavy atom. The van der Waals surface area contributed by atoms with Gasteiger partial charge in [-0.2, -0.15) is 0 Å². The molecule has 1 aromatic carbocycles. The van der Waals surface area contributed by atoms with Gasteiger partial charge in [0.2, 0.25) is 0 Å². The zero-order chi connectivity index (χ0) is 11.7. The number of epoxide rings is 1. The van der Waals surface area contributed by atoms with Crippen LogP contribution in [0.15, 0.2) is 30.3 Å². The lowest BCUT2D eigenvalue weighted by Gasteiger charge is -2.19. The molecule has 2 aliphatic heterocycles. The van der Waals surface area contributed by atoms with E-state index in [9.17, 15) is 4.79 Å². The second kappa shape index (κ2) is 4.47. The van der Waals surface area contributed by atoms with Gasteiger partial charge in [0, 0.05) is 6.42 Å². The monoisotopic (exact) mass is 234 g/mol. The molecular formula is C13H14O4. The van der Waals surface area contributed by atoms with Crippen LogP contribution < -0.4 is 0 Å². The average Bonchev–Trinajstić information content (AvgIpc) is 3.10. The predicted octanol–water partition coefficient (Wildman–Crippen LogP) is 1.29. The molecule has 0 unspecified atom stereocenters. The molecule has 1 aromatic rings. The minimum absolute atomic E-state index is 0.0709. The van der Waals surface area contributed by atoms with Crippen LogP contribution in [0.2, 0.25) is 0 Å². The Morgan fingerprint density at radius 1 is 1.29 bits per heavy atom. The smallest absolute Gasteiger partial charge is 0.338 e. The standard InChI is InChI=1S/C13H14O4/c14-13-12-11(17-12)6-10(16-13)8-15-7-9-4-2-1-3-5-9/h1-5,10-12H,6-8H2/t10-,11+,12+/m0/s1. The van der Waals surface area contributed by atoms with Crippen molar-refractivity contribution in [2.75, 3.05) is 6.61 Å². The second-order valence-electron chi connectivity index (χ2n) is 4.39. The Bertz CT molecular complexity index is 403. The number of hydrogen-bond acceptors (Lipinski definition) is 4. The van der Waals surface area contributed by atoms with Crippen LogP contribution in [0.25, 0.3) is 0 Å². The largest absolute Gasteiger partial charge is 0.458 e. The van der Waals surface area contributed by atoms with E-state index in [1.807, 2.05) is 30.3 Å². The molecule has 2 heterocycles. The van der Waals surface area contributed by atoms with Gasteiger partial charge in [0.05, 0.1) is 19.3 Å². The zero-order valence-corrected chi connectivity index (χ0v) is 9.37. The van der Waals surface area contributed by atoms with Gasteiger partial charge in [-0.3, -0.25) is 0 Å². The Balaban J connectivity index is 1.44. The summed E-state index contributed by atoms with van der Waals surface area (Å²) in [5.74, 6) is -0.241. The molecule has 0 aliphatic carbocycles. The van der Waals surface area contributed by atoms with E-state index in [0.717, 1.165) is 12.0 Å². The molecule has 0 aromatic heterocycles. The van der Waals surface area contributed by atoms with Gasteiger partial charge in [0.1, 0.15) is 6.10 Å². The topological polar surface area (TPSA) is 48.1 Å². The Kier molecular flexibility index (Phi) is 2.82. The SMILES string of the molecule is O=C1O[C@H](COCc2ccccc2)C[C@H]2O[C@@H]12. The normalized spacial score (nSPS) is 30.6. The summed E-state index contributed by atoms with van der Waals surface area (Å²) >= 11 is 0. The molecule has 0 saturated carbocycles. The van der Waals surface area contributed by atoms with E-state index in [0.29, 0.717) is 13.2 Å². The van der Waals surface area contributed by atoms with Crippen LogP contribution in [0.3, 0.4) is 0 Å². The maximum atomic E-state index is 11.3. The molecule has 2 aliphatic rings. The van der Waals surface area contributed by atoms with Crippen molar-refractivity contribution in [3.8, 4) is 0 Å². The highest BCUT2D eigenvalue weighted by Gasteiger charge is 2.52. The molecule has 0 amide bonds. The Labute approximate surface area is 99.5 Å². The van der Waals surface area contributed by atoms with Crippen LogP contribution in [-0.4, -0.2) is 30.9 Å². The first-order valence-electron chi connectivity index (χ1n) is 5.80. The van der Waals surface area contributed by atoms with Gasteiger partial charge in [-0.15, -0.1) is 0 Å². The summed E-state index contributed by atoms with van der Waals surface area (Å²) in [6.45, 7) is 0.983. The highest BCUT2D eigenvalue weighted by atomic mass is 16.7. The van der Waals surface area contributed by atoms with Crippen molar-refractivity contribution in [1.82, 2.24) is 0 Å². The zero-order valence-electron chi connectivity index (χ0n) is 9.37.